The maximum atomic E-state index is 12.3. The molecular formula is C24H21N3O4S2. The number of amides is 1. The summed E-state index contributed by atoms with van der Waals surface area (Å²) in [5.74, 6) is 0.492. The molecule has 0 spiro atoms. The maximum absolute atomic E-state index is 12.3. The quantitative estimate of drug-likeness (QED) is 0.517. The van der Waals surface area contributed by atoms with E-state index in [2.05, 4.69) is 22.4 Å². The number of rotatable bonds is 6. The number of aryl methyl sites for hydroxylation is 1. The van der Waals surface area contributed by atoms with Gasteiger partial charge in [0.2, 0.25) is 10.0 Å². The summed E-state index contributed by atoms with van der Waals surface area (Å²) in [6.45, 7) is 2.53. The molecule has 0 aliphatic carbocycles. The number of primary sulfonamides is 1. The highest BCUT2D eigenvalue weighted by atomic mass is 32.2. The highest BCUT2D eigenvalue weighted by Crippen LogP contribution is 2.29. The molecule has 9 heteroatoms. The Bertz CT molecular complexity index is 1330. The number of thioether (sulfide) groups is 1. The predicted molar refractivity (Wildman–Crippen MR) is 131 cm³/mol. The van der Waals surface area contributed by atoms with E-state index in [1.807, 2.05) is 43.3 Å². The highest BCUT2D eigenvalue weighted by Gasteiger charge is 2.23. The number of nitrogens with zero attached hydrogens (tertiary/aromatic N) is 1. The van der Waals surface area contributed by atoms with Gasteiger partial charge >= 0.3 is 0 Å². The number of nitrogens with two attached hydrogens (primary N) is 1. The number of benzene rings is 3. The van der Waals surface area contributed by atoms with Gasteiger partial charge in [0.25, 0.3) is 5.91 Å². The molecule has 0 aromatic heterocycles. The Labute approximate surface area is 196 Å². The average molecular weight is 480 g/mol. The molecule has 3 aromatic carbocycles. The molecule has 1 heterocycles. The fourth-order valence-corrected chi connectivity index (χ4v) is 4.33. The van der Waals surface area contributed by atoms with Crippen molar-refractivity contribution in [3.8, 4) is 5.75 Å². The number of sulfonamides is 1. The van der Waals surface area contributed by atoms with Gasteiger partial charge in [0, 0.05) is 0 Å². The van der Waals surface area contributed by atoms with Crippen molar-refractivity contribution in [2.24, 2.45) is 10.1 Å². The number of aliphatic imine (C=N–C) groups is 1. The standard InChI is InChI=1S/C24H21N3O4S2/c1-16-2-4-18(5-3-16)15-31-20-10-6-17(7-11-20)14-22-23(28)27-24(32-22)26-19-8-12-21(13-9-19)33(25,29)30/h2-14H,15H2,1H3,(H2,25,29,30)(H,26,27,28)/b22-14-. The first-order valence-electron chi connectivity index (χ1n) is 9.97. The smallest absolute Gasteiger partial charge is 0.264 e. The van der Waals surface area contributed by atoms with Crippen molar-refractivity contribution in [1.82, 2.24) is 5.32 Å². The Morgan fingerprint density at radius 2 is 1.67 bits per heavy atom. The third-order valence-electron chi connectivity index (χ3n) is 4.75. The molecule has 168 valence electrons. The molecule has 3 aromatic rings. The zero-order chi connectivity index (χ0) is 23.4. The van der Waals surface area contributed by atoms with Gasteiger partial charge in [-0.1, -0.05) is 42.0 Å². The van der Waals surface area contributed by atoms with Gasteiger partial charge < -0.3 is 10.1 Å². The van der Waals surface area contributed by atoms with Crippen LogP contribution in [0.1, 0.15) is 16.7 Å². The largest absolute Gasteiger partial charge is 0.489 e. The lowest BCUT2D eigenvalue weighted by atomic mass is 10.1. The molecule has 1 saturated heterocycles. The summed E-state index contributed by atoms with van der Waals surface area (Å²) in [6.07, 6.45) is 1.77. The van der Waals surface area contributed by atoms with Crippen LogP contribution in [0.4, 0.5) is 5.69 Å². The summed E-state index contributed by atoms with van der Waals surface area (Å²) >= 11 is 1.21. The first-order valence-corrected chi connectivity index (χ1v) is 12.3. The van der Waals surface area contributed by atoms with Crippen LogP contribution < -0.4 is 15.2 Å². The summed E-state index contributed by atoms with van der Waals surface area (Å²) in [6, 6.07) is 21.5. The van der Waals surface area contributed by atoms with Crippen LogP contribution in [0, 0.1) is 6.92 Å². The molecule has 1 amide bonds. The molecule has 0 unspecified atom stereocenters. The van der Waals surface area contributed by atoms with E-state index < -0.39 is 10.0 Å². The molecule has 1 fully saturated rings. The van der Waals surface area contributed by atoms with Crippen molar-refractivity contribution in [3.05, 3.63) is 94.4 Å². The number of nitrogens with one attached hydrogen (secondary N) is 1. The van der Waals surface area contributed by atoms with E-state index in [0.29, 0.717) is 22.4 Å². The van der Waals surface area contributed by atoms with E-state index in [0.717, 1.165) is 16.9 Å². The summed E-state index contributed by atoms with van der Waals surface area (Å²) in [5.41, 5.74) is 3.66. The molecule has 7 nitrogen and oxygen atoms in total. The fraction of sp³-hybridized carbons (Fsp3) is 0.0833. The van der Waals surface area contributed by atoms with Crippen molar-refractivity contribution in [3.63, 3.8) is 0 Å². The van der Waals surface area contributed by atoms with Crippen LogP contribution in [0.25, 0.3) is 6.08 Å². The van der Waals surface area contributed by atoms with Crippen LogP contribution in [0.5, 0.6) is 5.75 Å². The maximum Gasteiger partial charge on any atom is 0.264 e. The van der Waals surface area contributed by atoms with Gasteiger partial charge in [-0.05, 0) is 72.3 Å². The molecule has 0 atom stereocenters. The molecule has 1 aliphatic rings. The average Bonchev–Trinajstić information content (AvgIpc) is 3.12. The summed E-state index contributed by atoms with van der Waals surface area (Å²) in [4.78, 5) is 17.2. The zero-order valence-corrected chi connectivity index (χ0v) is 19.3. The Hall–Kier alpha value is -3.40. The third-order valence-corrected chi connectivity index (χ3v) is 6.59. The Morgan fingerprint density at radius 3 is 2.30 bits per heavy atom. The predicted octanol–water partition coefficient (Wildman–Crippen LogP) is 4.11. The third kappa shape index (κ3) is 6.10. The Kier molecular flexibility index (Phi) is 6.64. The molecular weight excluding hydrogens is 458 g/mol. The summed E-state index contributed by atoms with van der Waals surface area (Å²) < 4.78 is 28.5. The van der Waals surface area contributed by atoms with E-state index >= 15 is 0 Å². The van der Waals surface area contributed by atoms with Gasteiger partial charge in [-0.15, -0.1) is 0 Å². The van der Waals surface area contributed by atoms with Crippen LogP contribution >= 0.6 is 11.8 Å². The van der Waals surface area contributed by atoms with Crippen LogP contribution in [0.15, 0.2) is 87.6 Å². The van der Waals surface area contributed by atoms with E-state index in [1.165, 1.54) is 41.6 Å². The lowest BCUT2D eigenvalue weighted by molar-refractivity contribution is -0.115. The SMILES string of the molecule is Cc1ccc(COc2ccc(/C=C3\SC(=Nc4ccc(S(N)(=O)=O)cc4)NC3=O)cc2)cc1. The lowest BCUT2D eigenvalue weighted by Crippen LogP contribution is -2.19. The molecule has 0 bridgehead atoms. The minimum atomic E-state index is -3.76. The van der Waals surface area contributed by atoms with Gasteiger partial charge in [0.15, 0.2) is 5.17 Å². The molecule has 0 saturated carbocycles. The number of ether oxygens (including phenoxy) is 1. The van der Waals surface area contributed by atoms with Crippen molar-refractivity contribution >= 4 is 44.6 Å². The van der Waals surface area contributed by atoms with Gasteiger partial charge in [-0.25, -0.2) is 18.5 Å². The minimum absolute atomic E-state index is 0.00133. The fourth-order valence-electron chi connectivity index (χ4n) is 2.97. The van der Waals surface area contributed by atoms with E-state index in [9.17, 15) is 13.2 Å². The molecule has 0 radical (unpaired) electrons. The van der Waals surface area contributed by atoms with Crippen molar-refractivity contribution in [2.45, 2.75) is 18.4 Å². The van der Waals surface area contributed by atoms with Gasteiger partial charge in [-0.2, -0.15) is 0 Å². The second kappa shape index (κ2) is 9.62. The number of carbonyl (C=O) groups is 1. The summed E-state index contributed by atoms with van der Waals surface area (Å²) in [7, 11) is -3.76. The van der Waals surface area contributed by atoms with Crippen LogP contribution in [0.2, 0.25) is 0 Å². The Morgan fingerprint density at radius 1 is 1.00 bits per heavy atom. The first kappa shape index (κ1) is 22.8. The number of carbonyl (C=O) groups excluding carboxylic acids is 1. The first-order chi connectivity index (χ1) is 15.8. The number of hydrogen-bond acceptors (Lipinski definition) is 6. The zero-order valence-electron chi connectivity index (χ0n) is 17.7. The van der Waals surface area contributed by atoms with Gasteiger partial charge in [-0.3, -0.25) is 4.79 Å². The van der Waals surface area contributed by atoms with Gasteiger partial charge in [0.1, 0.15) is 12.4 Å². The topological polar surface area (TPSA) is 111 Å². The Balaban J connectivity index is 1.40. The number of amidine groups is 1. The normalized spacial score (nSPS) is 16.2. The van der Waals surface area contributed by atoms with E-state index in [1.54, 1.807) is 6.08 Å². The van der Waals surface area contributed by atoms with E-state index in [-0.39, 0.29) is 10.8 Å². The lowest BCUT2D eigenvalue weighted by Gasteiger charge is -2.07. The van der Waals surface area contributed by atoms with Gasteiger partial charge in [0.05, 0.1) is 15.5 Å². The van der Waals surface area contributed by atoms with Crippen LogP contribution in [-0.2, 0) is 21.4 Å². The monoisotopic (exact) mass is 479 g/mol. The van der Waals surface area contributed by atoms with Crippen molar-refractivity contribution in [1.29, 1.82) is 0 Å². The van der Waals surface area contributed by atoms with E-state index in [4.69, 9.17) is 9.88 Å². The van der Waals surface area contributed by atoms with Crippen LogP contribution in [0.3, 0.4) is 0 Å². The number of hydrogen-bond donors (Lipinski definition) is 2. The molecule has 1 aliphatic heterocycles. The van der Waals surface area contributed by atoms with Crippen molar-refractivity contribution in [2.75, 3.05) is 0 Å². The van der Waals surface area contributed by atoms with Crippen LogP contribution in [-0.4, -0.2) is 19.5 Å². The second-order valence-corrected chi connectivity index (χ2v) is 9.96. The van der Waals surface area contributed by atoms with Crippen molar-refractivity contribution < 1.29 is 17.9 Å². The molecule has 3 N–H and O–H groups in total. The second-order valence-electron chi connectivity index (χ2n) is 7.36. The molecule has 4 rings (SSSR count). The molecule has 33 heavy (non-hydrogen) atoms. The summed E-state index contributed by atoms with van der Waals surface area (Å²) in [5, 5.41) is 8.22. The minimum Gasteiger partial charge on any atom is -0.489 e. The highest BCUT2D eigenvalue weighted by molar-refractivity contribution is 8.18.